The summed E-state index contributed by atoms with van der Waals surface area (Å²) in [5.74, 6) is -5.75. The summed E-state index contributed by atoms with van der Waals surface area (Å²) in [7, 11) is 0. The second-order valence-corrected chi connectivity index (χ2v) is 7.62. The van der Waals surface area contributed by atoms with Crippen molar-refractivity contribution in [3.63, 3.8) is 0 Å². The van der Waals surface area contributed by atoms with E-state index in [4.69, 9.17) is 15.9 Å². The van der Waals surface area contributed by atoms with E-state index in [9.17, 15) is 29.1 Å². The number of hydrogen-bond acceptors (Lipinski definition) is 8. The first-order valence-electron chi connectivity index (χ1n) is 9.90. The van der Waals surface area contributed by atoms with Crippen molar-refractivity contribution in [3.05, 3.63) is 35.9 Å². The van der Waals surface area contributed by atoms with Crippen molar-refractivity contribution >= 4 is 42.3 Å². The van der Waals surface area contributed by atoms with Crippen molar-refractivity contribution < 1.29 is 39.3 Å². The van der Waals surface area contributed by atoms with E-state index in [1.54, 1.807) is 30.3 Å². The van der Waals surface area contributed by atoms with Crippen LogP contribution in [0.15, 0.2) is 30.3 Å². The molecular formula is C20H28N4O8S. The lowest BCUT2D eigenvalue weighted by atomic mass is 10.0. The maximum absolute atomic E-state index is 12.8. The number of carbonyl (C=O) groups is 5. The van der Waals surface area contributed by atoms with Gasteiger partial charge in [0.25, 0.3) is 0 Å². The normalized spacial score (nSPS) is 15.3. The van der Waals surface area contributed by atoms with Crippen LogP contribution < -0.4 is 21.7 Å². The summed E-state index contributed by atoms with van der Waals surface area (Å²) in [4.78, 5) is 60.1. The van der Waals surface area contributed by atoms with Gasteiger partial charge in [0, 0.05) is 12.2 Å². The van der Waals surface area contributed by atoms with Gasteiger partial charge in [0.2, 0.25) is 17.7 Å². The van der Waals surface area contributed by atoms with Crippen LogP contribution >= 0.6 is 12.6 Å². The molecule has 0 aliphatic heterocycles. The molecular weight excluding hydrogens is 456 g/mol. The molecule has 0 bridgehead atoms. The molecule has 0 radical (unpaired) electrons. The van der Waals surface area contributed by atoms with E-state index >= 15 is 0 Å². The Hall–Kier alpha value is -3.16. The molecule has 3 amide bonds. The number of rotatable bonds is 13. The molecule has 1 aromatic rings. The highest BCUT2D eigenvalue weighted by Gasteiger charge is 2.32. The highest BCUT2D eigenvalue weighted by atomic mass is 32.1. The second-order valence-electron chi connectivity index (χ2n) is 7.26. The lowest BCUT2D eigenvalue weighted by Crippen LogP contribution is -2.59. The number of aliphatic hydroxyl groups is 1. The van der Waals surface area contributed by atoms with Gasteiger partial charge in [-0.2, -0.15) is 12.6 Å². The minimum absolute atomic E-state index is 0.0434. The van der Waals surface area contributed by atoms with Gasteiger partial charge in [-0.05, 0) is 12.5 Å². The third-order valence-electron chi connectivity index (χ3n) is 4.55. The van der Waals surface area contributed by atoms with E-state index in [2.05, 4.69) is 28.6 Å². The van der Waals surface area contributed by atoms with Crippen molar-refractivity contribution in [2.45, 2.75) is 50.0 Å². The van der Waals surface area contributed by atoms with Gasteiger partial charge in [-0.3, -0.25) is 19.2 Å². The molecule has 0 aliphatic rings. The Bertz CT molecular complexity index is 852. The van der Waals surface area contributed by atoms with Gasteiger partial charge in [0.1, 0.15) is 24.2 Å². The summed E-state index contributed by atoms with van der Waals surface area (Å²) in [6.07, 6.45) is -2.12. The average molecular weight is 485 g/mol. The molecule has 5 atom stereocenters. The minimum atomic E-state index is -1.61. The van der Waals surface area contributed by atoms with E-state index < -0.39 is 66.4 Å². The first-order valence-corrected chi connectivity index (χ1v) is 10.5. The molecule has 0 heterocycles. The Balaban J connectivity index is 3.10. The fraction of sp³-hybridized carbons (Fsp3) is 0.450. The molecule has 8 N–H and O–H groups in total. The number of thiol groups is 1. The molecule has 1 aromatic carbocycles. The fourth-order valence-corrected chi connectivity index (χ4v) is 2.91. The molecule has 0 aliphatic carbocycles. The summed E-state index contributed by atoms with van der Waals surface area (Å²) in [5, 5.41) is 34.5. The molecule has 0 saturated heterocycles. The molecule has 1 rings (SSSR count). The van der Waals surface area contributed by atoms with Gasteiger partial charge >= 0.3 is 11.9 Å². The molecule has 0 spiro atoms. The van der Waals surface area contributed by atoms with Gasteiger partial charge < -0.3 is 37.0 Å². The third-order valence-corrected chi connectivity index (χ3v) is 4.91. The zero-order chi connectivity index (χ0) is 25.1. The lowest BCUT2D eigenvalue weighted by molar-refractivity contribution is -0.143. The minimum Gasteiger partial charge on any atom is -0.481 e. The monoisotopic (exact) mass is 484 g/mol. The molecule has 12 nitrogen and oxygen atoms in total. The van der Waals surface area contributed by atoms with Gasteiger partial charge in [0.15, 0.2) is 0 Å². The number of nitrogens with one attached hydrogen (secondary N) is 3. The number of carbonyl (C=O) groups excluding carboxylic acids is 3. The van der Waals surface area contributed by atoms with Gasteiger partial charge in [-0.1, -0.05) is 30.3 Å². The van der Waals surface area contributed by atoms with Crippen LogP contribution in [0.5, 0.6) is 0 Å². The van der Waals surface area contributed by atoms with Gasteiger partial charge in [0.05, 0.1) is 12.5 Å². The zero-order valence-corrected chi connectivity index (χ0v) is 18.7. The van der Waals surface area contributed by atoms with Crippen LogP contribution in [-0.2, 0) is 30.4 Å². The van der Waals surface area contributed by atoms with Crippen LogP contribution in [-0.4, -0.2) is 81.0 Å². The number of carboxylic acid groups (broad SMARTS) is 2. The van der Waals surface area contributed by atoms with Crippen LogP contribution in [0.3, 0.4) is 0 Å². The van der Waals surface area contributed by atoms with Crippen molar-refractivity contribution in [1.29, 1.82) is 0 Å². The summed E-state index contributed by atoms with van der Waals surface area (Å²) < 4.78 is 0. The molecule has 182 valence electrons. The van der Waals surface area contributed by atoms with Crippen LogP contribution in [0.2, 0.25) is 0 Å². The van der Waals surface area contributed by atoms with E-state index in [0.717, 1.165) is 0 Å². The SMILES string of the molecule is CC(O)C(N)C(=O)NC(CC(=O)O)C(=O)NC(Cc1ccccc1)C(=O)NC(CS)C(=O)O. The quantitative estimate of drug-likeness (QED) is 0.144. The molecule has 5 unspecified atom stereocenters. The van der Waals surface area contributed by atoms with Crippen molar-refractivity contribution in [2.24, 2.45) is 5.73 Å². The van der Waals surface area contributed by atoms with Crippen LogP contribution in [0, 0.1) is 0 Å². The summed E-state index contributed by atoms with van der Waals surface area (Å²) in [5.41, 5.74) is 6.15. The lowest BCUT2D eigenvalue weighted by Gasteiger charge is -2.25. The largest absolute Gasteiger partial charge is 0.481 e. The molecule has 0 saturated carbocycles. The first kappa shape index (κ1) is 27.9. The summed E-state index contributed by atoms with van der Waals surface area (Å²) in [6, 6.07) is 2.86. The zero-order valence-electron chi connectivity index (χ0n) is 17.8. The summed E-state index contributed by atoms with van der Waals surface area (Å²) in [6.45, 7) is 1.25. The van der Waals surface area contributed by atoms with Crippen LogP contribution in [0.25, 0.3) is 0 Å². The van der Waals surface area contributed by atoms with Gasteiger partial charge in [-0.25, -0.2) is 4.79 Å². The van der Waals surface area contributed by atoms with E-state index in [0.29, 0.717) is 5.56 Å². The number of carboxylic acids is 2. The number of amides is 3. The Kier molecular flexibility index (Phi) is 11.3. The van der Waals surface area contributed by atoms with Crippen LogP contribution in [0.4, 0.5) is 0 Å². The third kappa shape index (κ3) is 9.47. The van der Waals surface area contributed by atoms with Gasteiger partial charge in [-0.15, -0.1) is 0 Å². The number of benzene rings is 1. The fourth-order valence-electron chi connectivity index (χ4n) is 2.66. The topological polar surface area (TPSA) is 208 Å². The Labute approximate surface area is 195 Å². The van der Waals surface area contributed by atoms with Crippen LogP contribution in [0.1, 0.15) is 18.9 Å². The van der Waals surface area contributed by atoms with E-state index in [1.165, 1.54) is 6.92 Å². The summed E-state index contributed by atoms with van der Waals surface area (Å²) >= 11 is 3.88. The highest BCUT2D eigenvalue weighted by Crippen LogP contribution is 2.06. The standard InChI is InChI=1S/C20H28N4O8S/c1-10(25)16(21)19(30)23-13(8-15(26)27)18(29)22-12(7-11-5-3-2-4-6-11)17(28)24-14(9-33)20(31)32/h2-6,10,12-14,16,25,33H,7-9,21H2,1H3,(H,22,29)(H,23,30)(H,24,28)(H,26,27)(H,31,32). The van der Waals surface area contributed by atoms with Crippen molar-refractivity contribution in [1.82, 2.24) is 16.0 Å². The Morgan fingerprint density at radius 1 is 0.909 bits per heavy atom. The smallest absolute Gasteiger partial charge is 0.327 e. The second kappa shape index (κ2) is 13.4. The predicted molar refractivity (Wildman–Crippen MR) is 119 cm³/mol. The Morgan fingerprint density at radius 2 is 1.42 bits per heavy atom. The molecule has 0 aromatic heterocycles. The maximum atomic E-state index is 12.8. The average Bonchev–Trinajstić information content (AvgIpc) is 2.75. The van der Waals surface area contributed by atoms with Crippen molar-refractivity contribution in [3.8, 4) is 0 Å². The molecule has 0 fully saturated rings. The number of hydrogen-bond donors (Lipinski definition) is 8. The number of aliphatic carboxylic acids is 2. The molecule has 13 heteroatoms. The molecule has 33 heavy (non-hydrogen) atoms. The maximum Gasteiger partial charge on any atom is 0.327 e. The highest BCUT2D eigenvalue weighted by molar-refractivity contribution is 7.80. The van der Waals surface area contributed by atoms with E-state index in [1.807, 2.05) is 0 Å². The number of nitrogens with two attached hydrogens (primary N) is 1. The first-order chi connectivity index (χ1) is 15.5. The predicted octanol–water partition coefficient (Wildman–Crippen LogP) is -2.12. The van der Waals surface area contributed by atoms with E-state index in [-0.39, 0.29) is 12.2 Å². The Morgan fingerprint density at radius 3 is 1.91 bits per heavy atom. The van der Waals surface area contributed by atoms with Crippen molar-refractivity contribution in [2.75, 3.05) is 5.75 Å². The number of aliphatic hydroxyl groups excluding tert-OH is 1.